The molecule has 0 bridgehead atoms. The molecule has 0 atom stereocenters. The number of carbonyl (C=O) groups is 1. The summed E-state index contributed by atoms with van der Waals surface area (Å²) < 4.78 is 5.49. The van der Waals surface area contributed by atoms with Crippen molar-refractivity contribution in [1.29, 1.82) is 5.26 Å². The maximum atomic E-state index is 12.2. The van der Waals surface area contributed by atoms with Crippen LogP contribution < -0.4 is 5.32 Å². The molecule has 130 valence electrons. The molecule has 3 rings (SSSR count). The lowest BCUT2D eigenvalue weighted by molar-refractivity contribution is 0.102. The van der Waals surface area contributed by atoms with E-state index in [1.165, 1.54) is 4.90 Å². The van der Waals surface area contributed by atoms with Crippen LogP contribution in [-0.2, 0) is 6.42 Å². The van der Waals surface area contributed by atoms with Gasteiger partial charge in [0.25, 0.3) is 5.91 Å². The fraction of sp³-hybridized carbons (Fsp3) is 0.158. The van der Waals surface area contributed by atoms with E-state index in [0.29, 0.717) is 23.4 Å². The van der Waals surface area contributed by atoms with E-state index < -0.39 is 0 Å². The lowest BCUT2D eigenvalue weighted by Gasteiger charge is -2.01. The van der Waals surface area contributed by atoms with Crippen LogP contribution in [0.25, 0.3) is 0 Å². The zero-order valence-electron chi connectivity index (χ0n) is 14.1. The van der Waals surface area contributed by atoms with E-state index in [1.807, 2.05) is 18.2 Å². The molecule has 3 aromatic rings. The standard InChI is InChI=1S/C19H16N4O2S/c1-2-26-16-9-5-13(6-10-16)11-17-22-23-19(25-17)21-18(24)15-7-3-14(12-20)4-8-15/h3-10H,2,11H2,1H3,(H,21,23,24). The third-order valence-corrected chi connectivity index (χ3v) is 4.45. The van der Waals surface area contributed by atoms with Crippen LogP contribution in [0.2, 0.25) is 0 Å². The van der Waals surface area contributed by atoms with Crippen molar-refractivity contribution in [3.05, 3.63) is 71.1 Å². The molecule has 1 heterocycles. The van der Waals surface area contributed by atoms with Crippen molar-refractivity contribution >= 4 is 23.7 Å². The maximum Gasteiger partial charge on any atom is 0.322 e. The van der Waals surface area contributed by atoms with Crippen molar-refractivity contribution in [2.24, 2.45) is 0 Å². The van der Waals surface area contributed by atoms with E-state index in [1.54, 1.807) is 36.0 Å². The first-order chi connectivity index (χ1) is 12.7. The lowest BCUT2D eigenvalue weighted by atomic mass is 10.1. The minimum absolute atomic E-state index is 0.0486. The Morgan fingerprint density at radius 2 is 1.88 bits per heavy atom. The summed E-state index contributed by atoms with van der Waals surface area (Å²) in [6, 6.07) is 16.5. The van der Waals surface area contributed by atoms with Gasteiger partial charge in [0.05, 0.1) is 18.1 Å². The first-order valence-corrected chi connectivity index (χ1v) is 9.02. The average Bonchev–Trinajstić information content (AvgIpc) is 3.10. The van der Waals surface area contributed by atoms with Gasteiger partial charge in [-0.15, -0.1) is 16.9 Å². The molecule has 0 unspecified atom stereocenters. The Balaban J connectivity index is 1.62. The molecule has 0 aliphatic heterocycles. The topological polar surface area (TPSA) is 91.8 Å². The second kappa shape index (κ2) is 8.32. The molecule has 0 radical (unpaired) electrons. The quantitative estimate of drug-likeness (QED) is 0.667. The number of anilines is 1. The second-order valence-corrected chi connectivity index (χ2v) is 6.74. The number of amides is 1. The first kappa shape index (κ1) is 17.7. The fourth-order valence-corrected chi connectivity index (χ4v) is 2.95. The Morgan fingerprint density at radius 3 is 2.54 bits per heavy atom. The van der Waals surface area contributed by atoms with Gasteiger partial charge in [0.2, 0.25) is 5.89 Å². The molecule has 6 nitrogen and oxygen atoms in total. The van der Waals surface area contributed by atoms with Crippen LogP contribution in [-0.4, -0.2) is 21.9 Å². The summed E-state index contributed by atoms with van der Waals surface area (Å²) >= 11 is 1.78. The highest BCUT2D eigenvalue weighted by Gasteiger charge is 2.12. The molecule has 7 heteroatoms. The predicted octanol–water partition coefficient (Wildman–Crippen LogP) is 3.90. The highest BCUT2D eigenvalue weighted by Crippen LogP contribution is 2.19. The number of benzene rings is 2. The van der Waals surface area contributed by atoms with Crippen LogP contribution >= 0.6 is 11.8 Å². The third kappa shape index (κ3) is 4.49. The maximum absolute atomic E-state index is 12.2. The highest BCUT2D eigenvalue weighted by molar-refractivity contribution is 7.99. The summed E-state index contributed by atoms with van der Waals surface area (Å²) in [5, 5.41) is 19.2. The summed E-state index contributed by atoms with van der Waals surface area (Å²) in [4.78, 5) is 13.4. The van der Waals surface area contributed by atoms with E-state index in [-0.39, 0.29) is 11.9 Å². The van der Waals surface area contributed by atoms with Gasteiger partial charge in [0.1, 0.15) is 0 Å². The molecule has 0 saturated heterocycles. The van der Waals surface area contributed by atoms with Crippen LogP contribution in [0.4, 0.5) is 6.01 Å². The Kier molecular flexibility index (Phi) is 5.66. The molecule has 1 N–H and O–H groups in total. The largest absolute Gasteiger partial charge is 0.407 e. The van der Waals surface area contributed by atoms with Crippen molar-refractivity contribution in [2.75, 3.05) is 11.1 Å². The zero-order valence-corrected chi connectivity index (χ0v) is 14.9. The van der Waals surface area contributed by atoms with E-state index >= 15 is 0 Å². The first-order valence-electron chi connectivity index (χ1n) is 8.03. The summed E-state index contributed by atoms with van der Waals surface area (Å²) in [5.41, 5.74) is 1.96. The van der Waals surface area contributed by atoms with Crippen LogP contribution in [0.3, 0.4) is 0 Å². The number of nitriles is 1. The van der Waals surface area contributed by atoms with Gasteiger partial charge in [-0.05, 0) is 47.7 Å². The zero-order chi connectivity index (χ0) is 18.4. The van der Waals surface area contributed by atoms with Crippen LogP contribution in [0, 0.1) is 11.3 Å². The monoisotopic (exact) mass is 364 g/mol. The molecule has 1 amide bonds. The summed E-state index contributed by atoms with van der Waals surface area (Å²) in [6.07, 6.45) is 0.497. The van der Waals surface area contributed by atoms with Gasteiger partial charge in [-0.25, -0.2) is 0 Å². The molecule has 0 aliphatic carbocycles. The van der Waals surface area contributed by atoms with Crippen LogP contribution in [0.1, 0.15) is 34.3 Å². The minimum atomic E-state index is -0.370. The minimum Gasteiger partial charge on any atom is -0.407 e. The fourth-order valence-electron chi connectivity index (χ4n) is 2.29. The van der Waals surface area contributed by atoms with Crippen LogP contribution in [0.15, 0.2) is 57.8 Å². The molecule has 26 heavy (non-hydrogen) atoms. The van der Waals surface area contributed by atoms with Gasteiger partial charge >= 0.3 is 6.01 Å². The van der Waals surface area contributed by atoms with E-state index in [4.69, 9.17) is 9.68 Å². The number of aromatic nitrogens is 2. The van der Waals surface area contributed by atoms with Crippen LogP contribution in [0.5, 0.6) is 0 Å². The predicted molar refractivity (Wildman–Crippen MR) is 99.1 cm³/mol. The number of hydrogen-bond acceptors (Lipinski definition) is 6. The SMILES string of the molecule is CCSc1ccc(Cc2nnc(NC(=O)c3ccc(C#N)cc3)o2)cc1. The summed E-state index contributed by atoms with van der Waals surface area (Å²) in [5.74, 6) is 1.09. The number of carbonyl (C=O) groups excluding carboxylic acids is 1. The third-order valence-electron chi connectivity index (χ3n) is 3.55. The van der Waals surface area contributed by atoms with Crippen molar-refractivity contribution in [2.45, 2.75) is 18.2 Å². The number of hydrogen-bond donors (Lipinski definition) is 1. The summed E-state index contributed by atoms with van der Waals surface area (Å²) in [6.45, 7) is 2.12. The molecular weight excluding hydrogens is 348 g/mol. The Bertz CT molecular complexity index is 927. The number of nitrogens with one attached hydrogen (secondary N) is 1. The van der Waals surface area contributed by atoms with Gasteiger partial charge < -0.3 is 4.42 Å². The molecule has 0 aliphatic rings. The molecule has 0 fully saturated rings. The van der Waals surface area contributed by atoms with Gasteiger partial charge in [-0.1, -0.05) is 24.2 Å². The molecular formula is C19H16N4O2S. The van der Waals surface area contributed by atoms with Crippen molar-refractivity contribution in [3.63, 3.8) is 0 Å². The number of nitrogens with zero attached hydrogens (tertiary/aromatic N) is 3. The highest BCUT2D eigenvalue weighted by atomic mass is 32.2. The average molecular weight is 364 g/mol. The van der Waals surface area contributed by atoms with Gasteiger partial charge in [-0.2, -0.15) is 5.26 Å². The second-order valence-electron chi connectivity index (χ2n) is 5.40. The molecule has 1 aromatic heterocycles. The summed E-state index contributed by atoms with van der Waals surface area (Å²) in [7, 11) is 0. The molecule has 2 aromatic carbocycles. The van der Waals surface area contributed by atoms with E-state index in [0.717, 1.165) is 11.3 Å². The number of thioether (sulfide) groups is 1. The van der Waals surface area contributed by atoms with E-state index in [2.05, 4.69) is 34.6 Å². The van der Waals surface area contributed by atoms with Crippen molar-refractivity contribution < 1.29 is 9.21 Å². The Labute approximate surface area is 155 Å². The van der Waals surface area contributed by atoms with Gasteiger partial charge in [0.15, 0.2) is 0 Å². The Morgan fingerprint density at radius 1 is 1.15 bits per heavy atom. The normalized spacial score (nSPS) is 10.3. The van der Waals surface area contributed by atoms with Crippen molar-refractivity contribution in [3.8, 4) is 6.07 Å². The van der Waals surface area contributed by atoms with Gasteiger partial charge in [0, 0.05) is 10.5 Å². The van der Waals surface area contributed by atoms with Crippen molar-refractivity contribution in [1.82, 2.24) is 10.2 Å². The molecule has 0 saturated carbocycles. The Hall–Kier alpha value is -3.11. The molecule has 0 spiro atoms. The van der Waals surface area contributed by atoms with Gasteiger partial charge in [-0.3, -0.25) is 10.1 Å². The lowest BCUT2D eigenvalue weighted by Crippen LogP contribution is -2.12. The smallest absolute Gasteiger partial charge is 0.322 e. The number of rotatable bonds is 6. The van der Waals surface area contributed by atoms with E-state index in [9.17, 15) is 4.79 Å².